The van der Waals surface area contributed by atoms with Crippen LogP contribution < -0.4 is 4.80 Å². The van der Waals surface area contributed by atoms with Crippen LogP contribution in [0, 0.1) is 13.8 Å². The van der Waals surface area contributed by atoms with Crippen LogP contribution in [0.25, 0.3) is 10.2 Å². The maximum Gasteiger partial charge on any atom is 0.325 e. The first-order valence-corrected chi connectivity index (χ1v) is 13.2. The first-order valence-electron chi connectivity index (χ1n) is 10.0. The number of ether oxygens (including phenoxy) is 1. The molecule has 32 heavy (non-hydrogen) atoms. The van der Waals surface area contributed by atoms with Gasteiger partial charge in [0.15, 0.2) is 4.80 Å². The molecule has 3 aromatic rings. The van der Waals surface area contributed by atoms with E-state index in [1.807, 2.05) is 26.0 Å². The Bertz CT molecular complexity index is 1350. The molecule has 1 atom stereocenters. The monoisotopic (exact) mass is 493 g/mol. The van der Waals surface area contributed by atoms with Gasteiger partial charge in [0.1, 0.15) is 16.8 Å². The van der Waals surface area contributed by atoms with Gasteiger partial charge in [-0.2, -0.15) is 9.30 Å². The Balaban J connectivity index is 1.77. The van der Waals surface area contributed by atoms with Gasteiger partial charge in [0.2, 0.25) is 0 Å². The molecule has 0 saturated carbocycles. The van der Waals surface area contributed by atoms with Crippen LogP contribution in [-0.2, 0) is 30.9 Å². The van der Waals surface area contributed by atoms with Crippen molar-refractivity contribution < 1.29 is 22.7 Å². The fourth-order valence-electron chi connectivity index (χ4n) is 3.72. The van der Waals surface area contributed by atoms with E-state index in [2.05, 4.69) is 4.99 Å². The lowest BCUT2D eigenvalue weighted by atomic mass is 10.1. The van der Waals surface area contributed by atoms with Crippen LogP contribution in [0.3, 0.4) is 0 Å². The van der Waals surface area contributed by atoms with E-state index in [-0.39, 0.29) is 17.3 Å². The van der Waals surface area contributed by atoms with Gasteiger partial charge in [0.25, 0.3) is 15.9 Å². The lowest BCUT2D eigenvalue weighted by Gasteiger charge is -2.20. The summed E-state index contributed by atoms with van der Waals surface area (Å²) in [5.41, 5.74) is 2.92. The fraction of sp³-hybridized carbons (Fsp3) is 0.381. The Morgan fingerprint density at radius 1 is 1.25 bits per heavy atom. The summed E-state index contributed by atoms with van der Waals surface area (Å²) in [6.07, 6.45) is 0.997. The van der Waals surface area contributed by atoms with Crippen LogP contribution in [0.1, 0.15) is 24.0 Å². The summed E-state index contributed by atoms with van der Waals surface area (Å²) in [6.45, 7) is 4.15. The maximum absolute atomic E-state index is 13.2. The topological polar surface area (TPSA) is 98.0 Å². The molecule has 1 aliphatic rings. The number of rotatable bonds is 5. The zero-order valence-electron chi connectivity index (χ0n) is 17.9. The molecule has 0 N–H and O–H groups in total. The molecule has 1 amide bonds. The van der Waals surface area contributed by atoms with Crippen LogP contribution in [0.4, 0.5) is 0 Å². The van der Waals surface area contributed by atoms with E-state index in [1.165, 1.54) is 28.8 Å². The van der Waals surface area contributed by atoms with Gasteiger partial charge in [-0.1, -0.05) is 17.4 Å². The van der Waals surface area contributed by atoms with E-state index >= 15 is 0 Å². The first-order chi connectivity index (χ1) is 15.2. The fourth-order valence-corrected chi connectivity index (χ4v) is 7.61. The molecule has 8 nitrogen and oxygen atoms in total. The minimum atomic E-state index is -3.76. The molecule has 0 aliphatic carbocycles. The second kappa shape index (κ2) is 8.89. The first kappa shape index (κ1) is 22.8. The second-order valence-electron chi connectivity index (χ2n) is 7.61. The average molecular weight is 494 g/mol. The molecule has 1 fully saturated rings. The number of thiophene rings is 1. The summed E-state index contributed by atoms with van der Waals surface area (Å²) in [4.78, 5) is 29.8. The number of carbonyl (C=O) groups excluding carboxylic acids is 2. The van der Waals surface area contributed by atoms with Gasteiger partial charge in [-0.05, 0) is 61.4 Å². The molecule has 0 bridgehead atoms. The summed E-state index contributed by atoms with van der Waals surface area (Å²) in [5.74, 6) is -0.985. The number of sulfonamides is 1. The van der Waals surface area contributed by atoms with Gasteiger partial charge in [0, 0.05) is 6.54 Å². The molecule has 1 aromatic carbocycles. The molecule has 0 spiro atoms. The van der Waals surface area contributed by atoms with E-state index in [0.29, 0.717) is 17.6 Å². The third-order valence-corrected chi connectivity index (χ3v) is 9.89. The van der Waals surface area contributed by atoms with Crippen molar-refractivity contribution >= 4 is 54.8 Å². The van der Waals surface area contributed by atoms with Crippen molar-refractivity contribution in [1.29, 1.82) is 0 Å². The Morgan fingerprint density at radius 2 is 2.00 bits per heavy atom. The minimum Gasteiger partial charge on any atom is -0.468 e. The summed E-state index contributed by atoms with van der Waals surface area (Å²) in [5, 5.41) is 1.70. The quantitative estimate of drug-likeness (QED) is 0.509. The predicted octanol–water partition coefficient (Wildman–Crippen LogP) is 2.83. The van der Waals surface area contributed by atoms with Crippen molar-refractivity contribution in [2.24, 2.45) is 4.99 Å². The molecule has 3 heterocycles. The van der Waals surface area contributed by atoms with Gasteiger partial charge in [-0.15, -0.1) is 11.3 Å². The van der Waals surface area contributed by atoms with Crippen LogP contribution in [-0.4, -0.2) is 48.9 Å². The Hall–Kier alpha value is -2.34. The lowest BCUT2D eigenvalue weighted by molar-refractivity contribution is -0.141. The van der Waals surface area contributed by atoms with E-state index < -0.39 is 27.9 Å². The van der Waals surface area contributed by atoms with Crippen LogP contribution in [0.15, 0.2) is 38.8 Å². The highest BCUT2D eigenvalue weighted by atomic mass is 32.2. The summed E-state index contributed by atoms with van der Waals surface area (Å²) in [7, 11) is -2.45. The number of hydrogen-bond acceptors (Lipinski definition) is 7. The molecule has 2 aromatic heterocycles. The van der Waals surface area contributed by atoms with Gasteiger partial charge < -0.3 is 9.30 Å². The third kappa shape index (κ3) is 4.17. The second-order valence-corrected chi connectivity index (χ2v) is 11.7. The number of aromatic nitrogens is 1. The number of amides is 1. The molecule has 1 aliphatic heterocycles. The largest absolute Gasteiger partial charge is 0.468 e. The molecule has 1 unspecified atom stereocenters. The highest BCUT2D eigenvalue weighted by molar-refractivity contribution is 7.91. The number of carbonyl (C=O) groups is 2. The number of benzene rings is 1. The van der Waals surface area contributed by atoms with E-state index in [4.69, 9.17) is 4.74 Å². The maximum atomic E-state index is 13.2. The molecular weight excluding hydrogens is 470 g/mol. The molecule has 11 heteroatoms. The smallest absolute Gasteiger partial charge is 0.325 e. The van der Waals surface area contributed by atoms with Crippen LogP contribution >= 0.6 is 22.7 Å². The van der Waals surface area contributed by atoms with E-state index in [0.717, 1.165) is 32.7 Å². The minimum absolute atomic E-state index is 0.0903. The summed E-state index contributed by atoms with van der Waals surface area (Å²) in [6, 6.07) is 6.30. The highest BCUT2D eigenvalue weighted by Crippen LogP contribution is 2.29. The van der Waals surface area contributed by atoms with Crippen molar-refractivity contribution in [2.45, 2.75) is 43.5 Å². The average Bonchev–Trinajstić information content (AvgIpc) is 3.50. The molecule has 170 valence electrons. The Morgan fingerprint density at radius 3 is 2.69 bits per heavy atom. The molecule has 0 radical (unpaired) electrons. The summed E-state index contributed by atoms with van der Waals surface area (Å²) >= 11 is 2.42. The standard InChI is InChI=1S/C21H23N3O5S3/c1-13-10-16-17(11-14(13)2)31-21(23(16)12-18(25)29-3)22-20(26)15-6-4-8-24(15)32(27,28)19-7-5-9-30-19/h5,7,9-11,15H,4,6,8,12H2,1-3H3. The third-order valence-electron chi connectivity index (χ3n) is 5.57. The van der Waals surface area contributed by atoms with E-state index in [9.17, 15) is 18.0 Å². The van der Waals surface area contributed by atoms with Crippen LogP contribution in [0.5, 0.6) is 0 Å². The number of nitrogens with zero attached hydrogens (tertiary/aromatic N) is 3. The zero-order valence-corrected chi connectivity index (χ0v) is 20.3. The number of esters is 1. The van der Waals surface area contributed by atoms with Crippen molar-refractivity contribution in [1.82, 2.24) is 8.87 Å². The highest BCUT2D eigenvalue weighted by Gasteiger charge is 2.40. The Kier molecular flexibility index (Phi) is 6.35. The molecule has 4 rings (SSSR count). The number of aryl methyl sites for hydroxylation is 2. The Labute approximate surface area is 193 Å². The molecule has 1 saturated heterocycles. The van der Waals surface area contributed by atoms with Crippen molar-refractivity contribution in [3.63, 3.8) is 0 Å². The number of methoxy groups -OCH3 is 1. The normalized spacial score (nSPS) is 17.8. The summed E-state index contributed by atoms with van der Waals surface area (Å²) < 4.78 is 34.8. The SMILES string of the molecule is COC(=O)Cn1c(=NC(=O)C2CCCN2S(=O)(=O)c2cccs2)sc2cc(C)c(C)cc21. The van der Waals surface area contributed by atoms with Crippen molar-refractivity contribution in [3.8, 4) is 0 Å². The van der Waals surface area contributed by atoms with Crippen molar-refractivity contribution in [3.05, 3.63) is 45.6 Å². The number of hydrogen-bond donors (Lipinski definition) is 0. The van der Waals surface area contributed by atoms with Gasteiger partial charge >= 0.3 is 5.97 Å². The van der Waals surface area contributed by atoms with Gasteiger partial charge in [0.05, 0.1) is 17.3 Å². The van der Waals surface area contributed by atoms with Crippen molar-refractivity contribution in [2.75, 3.05) is 13.7 Å². The van der Waals surface area contributed by atoms with Gasteiger partial charge in [-0.3, -0.25) is 9.59 Å². The zero-order chi connectivity index (χ0) is 23.0. The van der Waals surface area contributed by atoms with Gasteiger partial charge in [-0.25, -0.2) is 8.42 Å². The predicted molar refractivity (Wildman–Crippen MR) is 123 cm³/mol. The van der Waals surface area contributed by atoms with E-state index in [1.54, 1.807) is 16.0 Å². The number of thiazole rings is 1. The van der Waals surface area contributed by atoms with Crippen LogP contribution in [0.2, 0.25) is 0 Å². The molecular formula is C21H23N3O5S3. The number of fused-ring (bicyclic) bond motifs is 1. The lowest BCUT2D eigenvalue weighted by Crippen LogP contribution is -2.40.